The van der Waals surface area contributed by atoms with Crippen LogP contribution in [0.1, 0.15) is 30.7 Å². The van der Waals surface area contributed by atoms with Gasteiger partial charge in [0.15, 0.2) is 5.82 Å². The Hall–Kier alpha value is -2.07. The van der Waals surface area contributed by atoms with E-state index in [1.54, 1.807) is 0 Å². The predicted molar refractivity (Wildman–Crippen MR) is 102 cm³/mol. The summed E-state index contributed by atoms with van der Waals surface area (Å²) in [4.78, 5) is 15.4. The average molecular weight is 343 g/mol. The molecule has 0 saturated carbocycles. The first-order valence-corrected chi connectivity index (χ1v) is 8.41. The molecule has 0 unspecified atom stereocenters. The molecule has 0 spiro atoms. The number of aromatic nitrogens is 3. The Balaban J connectivity index is 0.00000169. The summed E-state index contributed by atoms with van der Waals surface area (Å²) in [6.45, 7) is 6.30. The fraction of sp³-hybridized carbons (Fsp3) is 0.368. The van der Waals surface area contributed by atoms with Crippen molar-refractivity contribution >= 4 is 29.3 Å². The van der Waals surface area contributed by atoms with Crippen molar-refractivity contribution < 1.29 is 0 Å². The van der Waals surface area contributed by atoms with Gasteiger partial charge in [-0.1, -0.05) is 24.3 Å². The van der Waals surface area contributed by atoms with Crippen LogP contribution < -0.4 is 4.90 Å². The molecule has 1 aromatic carbocycles. The number of nitrogens with zero attached hydrogens (tertiary/aromatic N) is 3. The van der Waals surface area contributed by atoms with Gasteiger partial charge >= 0.3 is 0 Å². The van der Waals surface area contributed by atoms with Gasteiger partial charge in [0.25, 0.3) is 0 Å². The quantitative estimate of drug-likeness (QED) is 0.737. The number of aryl methyl sites for hydroxylation is 2. The van der Waals surface area contributed by atoms with Crippen LogP contribution in [0, 0.1) is 13.8 Å². The Morgan fingerprint density at radius 3 is 2.50 bits per heavy atom. The standard InChI is InChI=1S/C19H22N4.ClH/c1-13-8-4-5-9-15(13)16-12-17-18(22-16)19(21-14(2)20-17)23-10-6-3-7-11-23;/h4-5,8-9,12,22H,3,6-7,10-11H2,1-2H3;1H. The van der Waals surface area contributed by atoms with E-state index >= 15 is 0 Å². The highest BCUT2D eigenvalue weighted by Gasteiger charge is 2.18. The highest BCUT2D eigenvalue weighted by molar-refractivity contribution is 5.91. The third-order valence-electron chi connectivity index (χ3n) is 4.66. The maximum absolute atomic E-state index is 4.74. The van der Waals surface area contributed by atoms with Gasteiger partial charge in [0.05, 0.1) is 5.52 Å². The summed E-state index contributed by atoms with van der Waals surface area (Å²) in [5.74, 6) is 1.90. The van der Waals surface area contributed by atoms with Crippen LogP contribution in [-0.2, 0) is 0 Å². The maximum atomic E-state index is 4.74. The number of nitrogens with one attached hydrogen (secondary N) is 1. The molecule has 3 aromatic rings. The topological polar surface area (TPSA) is 44.8 Å². The van der Waals surface area contributed by atoms with Crippen LogP contribution in [-0.4, -0.2) is 28.0 Å². The average Bonchev–Trinajstić information content (AvgIpc) is 2.99. The van der Waals surface area contributed by atoms with Crippen molar-refractivity contribution in [3.05, 3.63) is 41.7 Å². The van der Waals surface area contributed by atoms with E-state index in [4.69, 9.17) is 4.98 Å². The second-order valence-corrected chi connectivity index (χ2v) is 6.40. The first kappa shape index (κ1) is 16.8. The largest absolute Gasteiger partial charge is 0.355 e. The molecule has 1 fully saturated rings. The Kier molecular flexibility index (Phi) is 4.76. The van der Waals surface area contributed by atoms with Gasteiger partial charge in [-0.15, -0.1) is 12.4 Å². The molecule has 1 aliphatic heterocycles. The molecule has 2 aromatic heterocycles. The zero-order valence-corrected chi connectivity index (χ0v) is 15.0. The lowest BCUT2D eigenvalue weighted by molar-refractivity contribution is 0.574. The van der Waals surface area contributed by atoms with E-state index in [9.17, 15) is 0 Å². The van der Waals surface area contributed by atoms with Gasteiger partial charge in [-0.05, 0) is 44.7 Å². The molecule has 4 nitrogen and oxygen atoms in total. The smallest absolute Gasteiger partial charge is 0.156 e. The lowest BCUT2D eigenvalue weighted by Crippen LogP contribution is -2.30. The Labute approximate surface area is 148 Å². The number of aromatic amines is 1. The summed E-state index contributed by atoms with van der Waals surface area (Å²) in [6.07, 6.45) is 3.81. The van der Waals surface area contributed by atoms with E-state index in [1.165, 1.54) is 30.4 Å². The van der Waals surface area contributed by atoms with Crippen LogP contribution in [0.25, 0.3) is 22.3 Å². The van der Waals surface area contributed by atoms with Crippen LogP contribution in [0.2, 0.25) is 0 Å². The van der Waals surface area contributed by atoms with Crippen molar-refractivity contribution in [2.45, 2.75) is 33.1 Å². The number of fused-ring (bicyclic) bond motifs is 1. The molecule has 0 aliphatic carbocycles. The maximum Gasteiger partial charge on any atom is 0.156 e. The van der Waals surface area contributed by atoms with E-state index in [-0.39, 0.29) is 12.4 Å². The van der Waals surface area contributed by atoms with Crippen molar-refractivity contribution in [3.63, 3.8) is 0 Å². The van der Waals surface area contributed by atoms with Crippen LogP contribution in [0.15, 0.2) is 30.3 Å². The Bertz CT molecular complexity index is 850. The number of benzene rings is 1. The minimum Gasteiger partial charge on any atom is -0.355 e. The lowest BCUT2D eigenvalue weighted by atomic mass is 10.1. The van der Waals surface area contributed by atoms with Crippen molar-refractivity contribution in [2.75, 3.05) is 18.0 Å². The number of rotatable bonds is 2. The molecule has 0 bridgehead atoms. The molecular weight excluding hydrogens is 320 g/mol. The van der Waals surface area contributed by atoms with Crippen molar-refractivity contribution in [1.82, 2.24) is 15.0 Å². The molecule has 1 N–H and O–H groups in total. The minimum atomic E-state index is 0. The predicted octanol–water partition coefficient (Wildman–Crippen LogP) is 4.65. The zero-order valence-electron chi connectivity index (χ0n) is 14.2. The molecule has 0 atom stereocenters. The van der Waals surface area contributed by atoms with E-state index in [0.29, 0.717) is 0 Å². The SMILES string of the molecule is Cc1nc(N2CCCCC2)c2[nH]c(-c3ccccc3C)cc2n1.Cl. The van der Waals surface area contributed by atoms with Crippen molar-refractivity contribution in [2.24, 2.45) is 0 Å². The molecule has 3 heterocycles. The van der Waals surface area contributed by atoms with Gasteiger partial charge in [-0.3, -0.25) is 0 Å². The molecule has 1 saturated heterocycles. The van der Waals surface area contributed by atoms with Gasteiger partial charge in [0.2, 0.25) is 0 Å². The summed E-state index contributed by atoms with van der Waals surface area (Å²) >= 11 is 0. The van der Waals surface area contributed by atoms with Gasteiger partial charge in [0.1, 0.15) is 11.3 Å². The molecule has 1 aliphatic rings. The van der Waals surface area contributed by atoms with Crippen molar-refractivity contribution in [1.29, 1.82) is 0 Å². The third-order valence-corrected chi connectivity index (χ3v) is 4.66. The van der Waals surface area contributed by atoms with Gasteiger partial charge in [-0.25, -0.2) is 9.97 Å². The summed E-state index contributed by atoms with van der Waals surface area (Å²) in [6, 6.07) is 10.6. The van der Waals surface area contributed by atoms with Crippen LogP contribution in [0.3, 0.4) is 0 Å². The molecule has 4 rings (SSSR count). The zero-order chi connectivity index (χ0) is 15.8. The van der Waals surface area contributed by atoms with Crippen LogP contribution >= 0.6 is 12.4 Å². The summed E-state index contributed by atoms with van der Waals surface area (Å²) < 4.78 is 0. The van der Waals surface area contributed by atoms with Crippen molar-refractivity contribution in [3.8, 4) is 11.3 Å². The van der Waals surface area contributed by atoms with E-state index in [0.717, 1.165) is 41.5 Å². The molecule has 24 heavy (non-hydrogen) atoms. The minimum absolute atomic E-state index is 0. The van der Waals surface area contributed by atoms with E-state index < -0.39 is 0 Å². The van der Waals surface area contributed by atoms with E-state index in [2.05, 4.69) is 52.1 Å². The second-order valence-electron chi connectivity index (χ2n) is 6.40. The van der Waals surface area contributed by atoms with E-state index in [1.807, 2.05) is 6.92 Å². The molecular formula is C19H23ClN4. The monoisotopic (exact) mass is 342 g/mol. The molecule has 0 amide bonds. The Morgan fingerprint density at radius 1 is 1.00 bits per heavy atom. The third kappa shape index (κ3) is 2.98. The fourth-order valence-corrected chi connectivity index (χ4v) is 3.47. The number of piperidine rings is 1. The van der Waals surface area contributed by atoms with Crippen LogP contribution in [0.4, 0.5) is 5.82 Å². The first-order valence-electron chi connectivity index (χ1n) is 8.41. The molecule has 126 valence electrons. The summed E-state index contributed by atoms with van der Waals surface area (Å²) in [5.41, 5.74) is 5.69. The highest BCUT2D eigenvalue weighted by atomic mass is 35.5. The molecule has 5 heteroatoms. The molecule has 0 radical (unpaired) electrons. The highest BCUT2D eigenvalue weighted by Crippen LogP contribution is 2.31. The number of halogens is 1. The number of hydrogen-bond donors (Lipinski definition) is 1. The number of hydrogen-bond acceptors (Lipinski definition) is 3. The first-order chi connectivity index (χ1) is 11.2. The second kappa shape index (κ2) is 6.81. The summed E-state index contributed by atoms with van der Waals surface area (Å²) in [7, 11) is 0. The van der Waals surface area contributed by atoms with Gasteiger partial charge < -0.3 is 9.88 Å². The summed E-state index contributed by atoms with van der Waals surface area (Å²) in [5, 5.41) is 0. The Morgan fingerprint density at radius 2 is 1.75 bits per heavy atom. The fourth-order valence-electron chi connectivity index (χ4n) is 3.47. The van der Waals surface area contributed by atoms with Gasteiger partial charge in [0, 0.05) is 24.3 Å². The normalized spacial score (nSPS) is 14.7. The van der Waals surface area contributed by atoms with Gasteiger partial charge in [-0.2, -0.15) is 0 Å². The number of anilines is 1. The lowest BCUT2D eigenvalue weighted by Gasteiger charge is -2.28. The number of H-pyrrole nitrogens is 1. The van der Waals surface area contributed by atoms with Crippen LogP contribution in [0.5, 0.6) is 0 Å².